The van der Waals surface area contributed by atoms with Gasteiger partial charge in [-0.2, -0.15) is 0 Å². The van der Waals surface area contributed by atoms with Gasteiger partial charge in [-0.05, 0) is 47.0 Å². The van der Waals surface area contributed by atoms with Crippen molar-refractivity contribution >= 4 is 43.5 Å². The predicted molar refractivity (Wildman–Crippen MR) is 71.2 cm³/mol. The molecule has 1 fully saturated rings. The monoisotopic (exact) mass is 346 g/mol. The summed E-state index contributed by atoms with van der Waals surface area (Å²) in [4.78, 5) is 11.9. The molecule has 16 heavy (non-hydrogen) atoms. The second-order valence-electron chi connectivity index (χ2n) is 4.06. The summed E-state index contributed by atoms with van der Waals surface area (Å²) < 4.78 is 1.83. The van der Waals surface area contributed by atoms with Gasteiger partial charge in [0, 0.05) is 15.5 Å². The van der Waals surface area contributed by atoms with Crippen LogP contribution in [0.3, 0.4) is 0 Å². The molecule has 0 unspecified atom stereocenters. The molecule has 1 aliphatic rings. The summed E-state index contributed by atoms with van der Waals surface area (Å²) in [6, 6.07) is 5.65. The molecule has 5 heteroatoms. The molecule has 1 aliphatic carbocycles. The van der Waals surface area contributed by atoms with Crippen molar-refractivity contribution in [3.63, 3.8) is 0 Å². The number of nitrogens with one attached hydrogen (secondary N) is 1. The van der Waals surface area contributed by atoms with Crippen molar-refractivity contribution < 1.29 is 4.79 Å². The fourth-order valence-electron chi connectivity index (χ4n) is 1.52. The lowest BCUT2D eigenvalue weighted by Gasteiger charge is -2.13. The van der Waals surface area contributed by atoms with E-state index in [0.29, 0.717) is 6.54 Å². The number of hydrogen-bond donors (Lipinski definition) is 2. The van der Waals surface area contributed by atoms with Gasteiger partial charge in [-0.25, -0.2) is 0 Å². The van der Waals surface area contributed by atoms with Crippen molar-refractivity contribution in [2.45, 2.75) is 12.8 Å². The van der Waals surface area contributed by atoms with Crippen molar-refractivity contribution in [2.75, 3.05) is 11.9 Å². The van der Waals surface area contributed by atoms with Crippen molar-refractivity contribution in [1.29, 1.82) is 0 Å². The zero-order chi connectivity index (χ0) is 11.8. The van der Waals surface area contributed by atoms with Crippen LogP contribution in [-0.4, -0.2) is 12.5 Å². The third kappa shape index (κ3) is 2.31. The molecule has 0 heterocycles. The molecule has 0 aromatic heterocycles. The van der Waals surface area contributed by atoms with E-state index in [9.17, 15) is 4.79 Å². The SMILES string of the molecule is NCC1(C(=O)Nc2ccc(Br)cc2Br)CC1. The van der Waals surface area contributed by atoms with Gasteiger partial charge < -0.3 is 11.1 Å². The standard InChI is InChI=1S/C11H12Br2N2O/c12-7-1-2-9(8(13)5-7)15-10(16)11(6-14)3-4-11/h1-2,5H,3-4,6,14H2,(H,15,16). The predicted octanol–water partition coefficient (Wildman–Crippen LogP) is 2.89. The second-order valence-corrected chi connectivity index (χ2v) is 5.83. The topological polar surface area (TPSA) is 55.1 Å². The number of benzene rings is 1. The van der Waals surface area contributed by atoms with Crippen LogP contribution < -0.4 is 11.1 Å². The molecule has 2 rings (SSSR count). The Hall–Kier alpha value is -0.390. The van der Waals surface area contributed by atoms with E-state index in [1.54, 1.807) is 0 Å². The summed E-state index contributed by atoms with van der Waals surface area (Å²) in [6.45, 7) is 0.424. The van der Waals surface area contributed by atoms with Gasteiger partial charge in [-0.1, -0.05) is 15.9 Å². The fourth-order valence-corrected chi connectivity index (χ4v) is 2.67. The van der Waals surface area contributed by atoms with E-state index in [2.05, 4.69) is 37.2 Å². The molecule has 0 aliphatic heterocycles. The van der Waals surface area contributed by atoms with Crippen LogP contribution in [-0.2, 0) is 4.79 Å². The Morgan fingerprint density at radius 2 is 2.12 bits per heavy atom. The van der Waals surface area contributed by atoms with E-state index in [0.717, 1.165) is 27.5 Å². The second kappa shape index (κ2) is 4.47. The largest absolute Gasteiger partial charge is 0.329 e. The minimum Gasteiger partial charge on any atom is -0.329 e. The number of rotatable bonds is 3. The number of carbonyl (C=O) groups excluding carboxylic acids is 1. The van der Waals surface area contributed by atoms with E-state index in [1.165, 1.54) is 0 Å². The summed E-state index contributed by atoms with van der Waals surface area (Å²) in [7, 11) is 0. The van der Waals surface area contributed by atoms with Gasteiger partial charge >= 0.3 is 0 Å². The van der Waals surface area contributed by atoms with Crippen LogP contribution in [0.2, 0.25) is 0 Å². The molecule has 0 radical (unpaired) electrons. The molecule has 1 saturated carbocycles. The lowest BCUT2D eigenvalue weighted by Crippen LogP contribution is -2.30. The first-order chi connectivity index (χ1) is 7.57. The van der Waals surface area contributed by atoms with Crippen molar-refractivity contribution in [2.24, 2.45) is 11.1 Å². The lowest BCUT2D eigenvalue weighted by atomic mass is 10.1. The molecule has 86 valence electrons. The van der Waals surface area contributed by atoms with Gasteiger partial charge in [-0.3, -0.25) is 4.79 Å². The molecule has 1 aromatic carbocycles. The maximum atomic E-state index is 11.9. The molecular weight excluding hydrogens is 336 g/mol. The highest BCUT2D eigenvalue weighted by atomic mass is 79.9. The highest BCUT2D eigenvalue weighted by Gasteiger charge is 2.48. The Kier molecular flexibility index (Phi) is 3.37. The van der Waals surface area contributed by atoms with Crippen LogP contribution in [0.1, 0.15) is 12.8 Å². The zero-order valence-electron chi connectivity index (χ0n) is 8.59. The Morgan fingerprint density at radius 3 is 2.62 bits per heavy atom. The van der Waals surface area contributed by atoms with Gasteiger partial charge in [-0.15, -0.1) is 0 Å². The fraction of sp³-hybridized carbons (Fsp3) is 0.364. The van der Waals surface area contributed by atoms with E-state index < -0.39 is 0 Å². The summed E-state index contributed by atoms with van der Waals surface area (Å²) >= 11 is 6.77. The number of carbonyl (C=O) groups is 1. The van der Waals surface area contributed by atoms with E-state index >= 15 is 0 Å². The highest BCUT2D eigenvalue weighted by Crippen LogP contribution is 2.45. The number of nitrogens with two attached hydrogens (primary N) is 1. The van der Waals surface area contributed by atoms with Gasteiger partial charge in [0.1, 0.15) is 0 Å². The zero-order valence-corrected chi connectivity index (χ0v) is 11.8. The van der Waals surface area contributed by atoms with Crippen LogP contribution in [0.25, 0.3) is 0 Å². The minimum absolute atomic E-state index is 0.0259. The maximum absolute atomic E-state index is 11.9. The first-order valence-electron chi connectivity index (χ1n) is 5.04. The molecule has 3 nitrogen and oxygen atoms in total. The molecular formula is C11H12Br2N2O. The van der Waals surface area contributed by atoms with Gasteiger partial charge in [0.25, 0.3) is 0 Å². The Labute approximate surface area is 111 Å². The molecule has 0 saturated heterocycles. The van der Waals surface area contributed by atoms with Crippen LogP contribution in [0.5, 0.6) is 0 Å². The van der Waals surface area contributed by atoms with E-state index in [-0.39, 0.29) is 11.3 Å². The summed E-state index contributed by atoms with van der Waals surface area (Å²) in [5.41, 5.74) is 6.08. The van der Waals surface area contributed by atoms with Gasteiger partial charge in [0.05, 0.1) is 11.1 Å². The quantitative estimate of drug-likeness (QED) is 0.883. The average molecular weight is 348 g/mol. The molecule has 1 amide bonds. The van der Waals surface area contributed by atoms with Crippen LogP contribution in [0, 0.1) is 5.41 Å². The van der Waals surface area contributed by atoms with Gasteiger partial charge in [0.2, 0.25) is 5.91 Å². The number of amides is 1. The molecule has 0 atom stereocenters. The highest BCUT2D eigenvalue weighted by molar-refractivity contribution is 9.11. The van der Waals surface area contributed by atoms with Crippen molar-refractivity contribution in [1.82, 2.24) is 0 Å². The summed E-state index contributed by atoms with van der Waals surface area (Å²) in [5.74, 6) is 0.0259. The number of halogens is 2. The molecule has 0 bridgehead atoms. The van der Waals surface area contributed by atoms with Gasteiger partial charge in [0.15, 0.2) is 0 Å². The summed E-state index contributed by atoms with van der Waals surface area (Å²) in [5, 5.41) is 2.90. The summed E-state index contributed by atoms with van der Waals surface area (Å²) in [6.07, 6.45) is 1.78. The van der Waals surface area contributed by atoms with Crippen molar-refractivity contribution in [3.8, 4) is 0 Å². The third-order valence-corrected chi connectivity index (χ3v) is 4.05. The van der Waals surface area contributed by atoms with Crippen LogP contribution in [0.4, 0.5) is 5.69 Å². The minimum atomic E-state index is -0.313. The number of anilines is 1. The smallest absolute Gasteiger partial charge is 0.231 e. The van der Waals surface area contributed by atoms with Crippen LogP contribution in [0.15, 0.2) is 27.1 Å². The molecule has 0 spiro atoms. The normalized spacial score (nSPS) is 16.9. The van der Waals surface area contributed by atoms with E-state index in [4.69, 9.17) is 5.73 Å². The van der Waals surface area contributed by atoms with Crippen LogP contribution >= 0.6 is 31.9 Å². The Bertz CT molecular complexity index is 430. The number of hydrogen-bond acceptors (Lipinski definition) is 2. The lowest BCUT2D eigenvalue weighted by molar-refractivity contribution is -0.120. The van der Waals surface area contributed by atoms with E-state index in [1.807, 2.05) is 18.2 Å². The third-order valence-electron chi connectivity index (χ3n) is 2.91. The Morgan fingerprint density at radius 1 is 1.44 bits per heavy atom. The first kappa shape index (κ1) is 12.1. The average Bonchev–Trinajstić information content (AvgIpc) is 3.03. The molecule has 1 aromatic rings. The Balaban J connectivity index is 2.12. The first-order valence-corrected chi connectivity index (χ1v) is 6.63. The molecule has 3 N–H and O–H groups in total. The van der Waals surface area contributed by atoms with Crippen molar-refractivity contribution in [3.05, 3.63) is 27.1 Å². The maximum Gasteiger partial charge on any atom is 0.231 e.